The van der Waals surface area contributed by atoms with Gasteiger partial charge in [-0.3, -0.25) is 0 Å². The minimum atomic E-state index is 0.592. The molecule has 0 fully saturated rings. The van der Waals surface area contributed by atoms with Crippen molar-refractivity contribution in [3.8, 4) is 62.1 Å². The molecular weight excluding hydrogens is 857 g/mol. The highest BCUT2D eigenvalue weighted by Gasteiger charge is 2.24. The molecule has 0 radical (unpaired) electrons. The molecule has 6 nitrogen and oxygen atoms in total. The van der Waals surface area contributed by atoms with Crippen LogP contribution >= 0.6 is 0 Å². The fourth-order valence-corrected chi connectivity index (χ4v) is 10.1. The van der Waals surface area contributed by atoms with Gasteiger partial charge in [0.25, 0.3) is 0 Å². The number of aromatic nitrogens is 4. The molecule has 4 heterocycles. The van der Waals surface area contributed by atoms with Crippen LogP contribution in [0.2, 0.25) is 0 Å². The molecule has 0 aliphatic heterocycles. The maximum atomic E-state index is 6.81. The number of hydrogen-bond acceptors (Lipinski definition) is 5. The number of furan rings is 2. The molecule has 0 bridgehead atoms. The average Bonchev–Trinajstić information content (AvgIpc) is 4.08. The van der Waals surface area contributed by atoms with Crippen LogP contribution in [-0.2, 0) is 0 Å². The minimum Gasteiger partial charge on any atom is -0.460 e. The maximum Gasteiger partial charge on any atom is 0.164 e. The summed E-state index contributed by atoms with van der Waals surface area (Å²) in [6.45, 7) is 6.50. The lowest BCUT2D eigenvalue weighted by Gasteiger charge is -2.16. The van der Waals surface area contributed by atoms with Crippen LogP contribution in [0.5, 0.6) is 0 Å². The van der Waals surface area contributed by atoms with Gasteiger partial charge in [-0.2, -0.15) is 0 Å². The first-order valence-corrected chi connectivity index (χ1v) is 23.5. The summed E-state index contributed by atoms with van der Waals surface area (Å²) in [5.41, 5.74) is 15.7. The monoisotopic (exact) mass is 898 g/mol. The quantitative estimate of drug-likeness (QED) is 0.135. The highest BCUT2D eigenvalue weighted by Crippen LogP contribution is 2.44. The molecule has 9 aromatic carbocycles. The minimum absolute atomic E-state index is 0.592. The molecule has 13 aromatic rings. The van der Waals surface area contributed by atoms with Crippen LogP contribution in [0.15, 0.2) is 234 Å². The fourth-order valence-electron chi connectivity index (χ4n) is 10.1. The molecular formula is C64H42N4O2. The number of rotatable bonds is 9. The SMILES string of the molecule is C=C/C(=C\c1c(C)oc2c(-c3cccc(-c4nc(-c5ccccc5)nc(-c5ccccc5)n4)c3)cccc12)c1ccc2oc3ccccc3c2c1-n1c2ccccc2c2cc(-c3ccccc3)ccc21. The highest BCUT2D eigenvalue weighted by atomic mass is 16.3. The summed E-state index contributed by atoms with van der Waals surface area (Å²) in [6.07, 6.45) is 4.19. The standard InChI is InChI=1S/C64H42N4O2/c1-3-41(48-34-36-58-59(52-28-14-16-32-57(52)70-58)60(48)68-55-31-15-13-27-50(55)54-39-45(33-35-56(54)68)42-19-7-4-8-20-42)38-53-40(2)69-61-49(29-18-30-51(53)61)46-25-17-26-47(37-46)64-66-62(43-21-9-5-10-22-43)65-63(67-64)44-23-11-6-12-24-44/h3-39H,1H2,2H3/b41-38+. The number of benzene rings is 9. The van der Waals surface area contributed by atoms with Gasteiger partial charge >= 0.3 is 0 Å². The van der Waals surface area contributed by atoms with E-state index in [1.54, 1.807) is 0 Å². The molecule has 0 aliphatic carbocycles. The molecule has 0 unspecified atom stereocenters. The third-order valence-electron chi connectivity index (χ3n) is 13.4. The zero-order valence-electron chi connectivity index (χ0n) is 38.2. The highest BCUT2D eigenvalue weighted by molar-refractivity contribution is 6.17. The van der Waals surface area contributed by atoms with Crippen LogP contribution in [-0.4, -0.2) is 19.5 Å². The number of allylic oxidation sites excluding steroid dienone is 2. The number of nitrogens with zero attached hydrogens (tertiary/aromatic N) is 4. The van der Waals surface area contributed by atoms with E-state index in [-0.39, 0.29) is 0 Å². The van der Waals surface area contributed by atoms with Gasteiger partial charge in [0, 0.05) is 54.9 Å². The van der Waals surface area contributed by atoms with Crippen LogP contribution in [0.1, 0.15) is 16.9 Å². The van der Waals surface area contributed by atoms with Crippen LogP contribution in [0.25, 0.3) is 128 Å². The van der Waals surface area contributed by atoms with E-state index in [0.717, 1.165) is 99.9 Å². The van der Waals surface area contributed by atoms with Crippen LogP contribution in [0.3, 0.4) is 0 Å². The molecule has 6 heteroatoms. The molecule has 13 rings (SSSR count). The van der Waals surface area contributed by atoms with Gasteiger partial charge in [0.1, 0.15) is 22.5 Å². The zero-order valence-corrected chi connectivity index (χ0v) is 38.2. The lowest BCUT2D eigenvalue weighted by molar-refractivity contribution is 0.578. The van der Waals surface area contributed by atoms with E-state index in [1.165, 1.54) is 21.9 Å². The lowest BCUT2D eigenvalue weighted by Crippen LogP contribution is -2.00. The van der Waals surface area contributed by atoms with Crippen LogP contribution in [0, 0.1) is 6.92 Å². The Balaban J connectivity index is 0.974. The number of fused-ring (bicyclic) bond motifs is 7. The van der Waals surface area contributed by atoms with Gasteiger partial charge in [0.2, 0.25) is 0 Å². The molecule has 0 atom stereocenters. The first-order chi connectivity index (χ1) is 34.6. The van der Waals surface area contributed by atoms with Crippen molar-refractivity contribution in [2.45, 2.75) is 6.92 Å². The predicted molar refractivity (Wildman–Crippen MR) is 288 cm³/mol. The Bertz CT molecular complexity index is 4140. The second-order valence-corrected chi connectivity index (χ2v) is 17.6. The normalized spacial score (nSPS) is 11.9. The number of hydrogen-bond donors (Lipinski definition) is 0. The second kappa shape index (κ2) is 16.7. The molecule has 4 aromatic heterocycles. The van der Waals surface area contributed by atoms with Crippen molar-refractivity contribution in [1.82, 2.24) is 19.5 Å². The molecule has 0 N–H and O–H groups in total. The predicted octanol–water partition coefficient (Wildman–Crippen LogP) is 17.0. The van der Waals surface area contributed by atoms with Crippen LogP contribution in [0.4, 0.5) is 0 Å². The summed E-state index contributed by atoms with van der Waals surface area (Å²) in [5, 5.41) is 5.43. The van der Waals surface area contributed by atoms with E-state index in [0.29, 0.717) is 17.5 Å². The van der Waals surface area contributed by atoms with Crippen molar-refractivity contribution in [2.24, 2.45) is 0 Å². The Morgan fingerprint density at radius 1 is 0.457 bits per heavy atom. The van der Waals surface area contributed by atoms with E-state index < -0.39 is 0 Å². The zero-order chi connectivity index (χ0) is 46.7. The summed E-state index contributed by atoms with van der Waals surface area (Å²) in [5.74, 6) is 2.63. The van der Waals surface area contributed by atoms with Gasteiger partial charge in [-0.15, -0.1) is 0 Å². The Kier molecular flexibility index (Phi) is 9.77. The third kappa shape index (κ3) is 6.84. The van der Waals surface area contributed by atoms with Gasteiger partial charge in [-0.05, 0) is 77.7 Å². The van der Waals surface area contributed by atoms with Crippen molar-refractivity contribution in [3.05, 3.63) is 242 Å². The number of aryl methyl sites for hydroxylation is 1. The van der Waals surface area contributed by atoms with Gasteiger partial charge < -0.3 is 13.4 Å². The van der Waals surface area contributed by atoms with Crippen molar-refractivity contribution < 1.29 is 8.83 Å². The van der Waals surface area contributed by atoms with Crippen molar-refractivity contribution >= 4 is 66.4 Å². The molecule has 0 saturated carbocycles. The molecule has 0 aliphatic rings. The van der Waals surface area contributed by atoms with Crippen LogP contribution < -0.4 is 0 Å². The summed E-state index contributed by atoms with van der Waals surface area (Å²) in [6, 6.07) is 73.5. The van der Waals surface area contributed by atoms with Crippen molar-refractivity contribution in [2.75, 3.05) is 0 Å². The van der Waals surface area contributed by atoms with E-state index >= 15 is 0 Å². The largest absolute Gasteiger partial charge is 0.460 e. The van der Waals surface area contributed by atoms with Crippen molar-refractivity contribution in [1.29, 1.82) is 0 Å². The van der Waals surface area contributed by atoms with Crippen molar-refractivity contribution in [3.63, 3.8) is 0 Å². The van der Waals surface area contributed by atoms with Gasteiger partial charge in [0.15, 0.2) is 17.5 Å². The Labute approximate surface area is 403 Å². The number of para-hydroxylation sites is 3. The Hall–Kier alpha value is -9.39. The average molecular weight is 899 g/mol. The summed E-state index contributed by atoms with van der Waals surface area (Å²) in [7, 11) is 0. The first kappa shape index (κ1) is 40.8. The molecule has 70 heavy (non-hydrogen) atoms. The van der Waals surface area contributed by atoms with E-state index in [1.807, 2.05) is 85.8 Å². The maximum absolute atomic E-state index is 6.81. The van der Waals surface area contributed by atoms with Gasteiger partial charge in [-0.1, -0.05) is 183 Å². The summed E-state index contributed by atoms with van der Waals surface area (Å²) < 4.78 is 15.8. The molecule has 0 saturated heterocycles. The lowest BCUT2D eigenvalue weighted by atomic mass is 9.95. The Morgan fingerprint density at radius 2 is 1.04 bits per heavy atom. The second-order valence-electron chi connectivity index (χ2n) is 17.6. The smallest absolute Gasteiger partial charge is 0.164 e. The summed E-state index contributed by atoms with van der Waals surface area (Å²) >= 11 is 0. The Morgan fingerprint density at radius 3 is 1.77 bits per heavy atom. The van der Waals surface area contributed by atoms with E-state index in [4.69, 9.17) is 23.8 Å². The molecule has 0 amide bonds. The third-order valence-corrected chi connectivity index (χ3v) is 13.4. The fraction of sp³-hybridized carbons (Fsp3) is 0.0156. The summed E-state index contributed by atoms with van der Waals surface area (Å²) in [4.78, 5) is 15.0. The van der Waals surface area contributed by atoms with Gasteiger partial charge in [0.05, 0.1) is 22.1 Å². The molecule has 0 spiro atoms. The first-order valence-electron chi connectivity index (χ1n) is 23.5. The van der Waals surface area contributed by atoms with E-state index in [2.05, 4.69) is 157 Å². The molecule has 330 valence electrons. The van der Waals surface area contributed by atoms with E-state index in [9.17, 15) is 0 Å². The topological polar surface area (TPSA) is 69.9 Å². The van der Waals surface area contributed by atoms with Gasteiger partial charge in [-0.25, -0.2) is 15.0 Å².